The van der Waals surface area contributed by atoms with Crippen LogP contribution in [-0.4, -0.2) is 25.9 Å². The summed E-state index contributed by atoms with van der Waals surface area (Å²) in [7, 11) is 0. The van der Waals surface area contributed by atoms with E-state index < -0.39 is 0 Å². The number of hydrogen-bond donors (Lipinski definition) is 1. The van der Waals surface area contributed by atoms with Gasteiger partial charge in [-0.25, -0.2) is 9.67 Å². The highest BCUT2D eigenvalue weighted by Gasteiger charge is 2.19. The van der Waals surface area contributed by atoms with Crippen molar-refractivity contribution in [3.8, 4) is 0 Å². The zero-order valence-corrected chi connectivity index (χ0v) is 15.5. The average molecular weight is 361 g/mol. The molecule has 0 fully saturated rings. The molecule has 0 aliphatic rings. The number of carbonyl (C=O) groups is 1. The van der Waals surface area contributed by atoms with Gasteiger partial charge in [0.25, 0.3) is 0 Å². The van der Waals surface area contributed by atoms with E-state index in [1.165, 1.54) is 11.8 Å². The predicted octanol–water partition coefficient (Wildman–Crippen LogP) is 4.58. The van der Waals surface area contributed by atoms with Gasteiger partial charge in [-0.15, -0.1) is 11.3 Å². The average Bonchev–Trinajstić information content (AvgIpc) is 3.19. The molecule has 24 heavy (non-hydrogen) atoms. The first-order valence-corrected chi connectivity index (χ1v) is 9.64. The molecule has 2 atom stereocenters. The van der Waals surface area contributed by atoms with Crippen LogP contribution >= 0.6 is 23.1 Å². The van der Waals surface area contributed by atoms with Crippen LogP contribution < -0.4 is 5.32 Å². The maximum Gasteiger partial charge on any atom is 0.238 e. The molecule has 1 N–H and O–H groups in total. The summed E-state index contributed by atoms with van der Waals surface area (Å²) >= 11 is 3.10. The van der Waals surface area contributed by atoms with E-state index in [1.54, 1.807) is 17.5 Å². The Balaban J connectivity index is 1.67. The first-order valence-electron chi connectivity index (χ1n) is 7.95. The number of rotatable bonds is 6. The van der Waals surface area contributed by atoms with Gasteiger partial charge in [0.1, 0.15) is 5.82 Å². The number of nitrogens with zero attached hydrogens (tertiary/aromatic N) is 3. The molecule has 126 valence electrons. The number of para-hydroxylation sites is 1. The summed E-state index contributed by atoms with van der Waals surface area (Å²) in [5.74, 6) is 0.704. The van der Waals surface area contributed by atoms with Gasteiger partial charge in [0, 0.05) is 6.07 Å². The van der Waals surface area contributed by atoms with Crippen LogP contribution in [0.5, 0.6) is 0 Å². The van der Waals surface area contributed by atoms with E-state index in [2.05, 4.69) is 29.2 Å². The molecular formula is C17H20N4OS2. The SMILES string of the molecule is CC[C@H](C)n1nccc1NC(=O)[C@H](C)Sc1nc2ccccc2s1. The van der Waals surface area contributed by atoms with Crippen LogP contribution in [0.25, 0.3) is 10.2 Å². The Morgan fingerprint density at radius 2 is 2.12 bits per heavy atom. The van der Waals surface area contributed by atoms with Gasteiger partial charge in [-0.2, -0.15) is 5.10 Å². The summed E-state index contributed by atoms with van der Waals surface area (Å²) in [5.41, 5.74) is 0.979. The minimum atomic E-state index is -0.231. The third kappa shape index (κ3) is 3.62. The van der Waals surface area contributed by atoms with E-state index in [9.17, 15) is 4.79 Å². The summed E-state index contributed by atoms with van der Waals surface area (Å²) < 4.78 is 3.91. The molecule has 0 radical (unpaired) electrons. The highest BCUT2D eigenvalue weighted by Crippen LogP contribution is 2.32. The zero-order valence-electron chi connectivity index (χ0n) is 13.9. The standard InChI is InChI=1S/C17H20N4OS2/c1-4-11(2)21-15(9-10-18-21)20-16(22)12(3)23-17-19-13-7-5-6-8-14(13)24-17/h5-12H,4H2,1-3H3,(H,20,22)/t11-,12-/m0/s1. The molecule has 0 spiro atoms. The van der Waals surface area contributed by atoms with Gasteiger partial charge in [0.2, 0.25) is 5.91 Å². The molecule has 2 heterocycles. The van der Waals surface area contributed by atoms with Gasteiger partial charge in [-0.05, 0) is 32.4 Å². The molecule has 1 amide bonds. The molecule has 0 unspecified atom stereocenters. The first kappa shape index (κ1) is 17.0. The van der Waals surface area contributed by atoms with Crippen molar-refractivity contribution in [1.29, 1.82) is 0 Å². The van der Waals surface area contributed by atoms with Crippen LogP contribution in [0.15, 0.2) is 40.9 Å². The lowest BCUT2D eigenvalue weighted by Crippen LogP contribution is -2.24. The van der Waals surface area contributed by atoms with Crippen molar-refractivity contribution in [3.63, 3.8) is 0 Å². The molecule has 3 aromatic rings. The highest BCUT2D eigenvalue weighted by atomic mass is 32.2. The van der Waals surface area contributed by atoms with Crippen molar-refractivity contribution < 1.29 is 4.79 Å². The number of anilines is 1. The second kappa shape index (κ2) is 7.36. The summed E-state index contributed by atoms with van der Waals surface area (Å²) in [6.07, 6.45) is 2.67. The lowest BCUT2D eigenvalue weighted by atomic mass is 10.3. The fourth-order valence-corrected chi connectivity index (χ4v) is 4.48. The minimum absolute atomic E-state index is 0.0377. The topological polar surface area (TPSA) is 59.8 Å². The third-order valence-corrected chi connectivity index (χ3v) is 6.08. The van der Waals surface area contributed by atoms with Crippen molar-refractivity contribution in [2.24, 2.45) is 0 Å². The number of nitrogens with one attached hydrogen (secondary N) is 1. The normalized spacial score (nSPS) is 13.8. The lowest BCUT2D eigenvalue weighted by Gasteiger charge is -2.15. The Hall–Kier alpha value is -1.86. The van der Waals surface area contributed by atoms with E-state index in [-0.39, 0.29) is 17.2 Å². The monoisotopic (exact) mass is 360 g/mol. The summed E-state index contributed by atoms with van der Waals surface area (Å²) in [6, 6.07) is 10.1. The van der Waals surface area contributed by atoms with Crippen molar-refractivity contribution in [1.82, 2.24) is 14.8 Å². The number of aromatic nitrogens is 3. The largest absolute Gasteiger partial charge is 0.310 e. The lowest BCUT2D eigenvalue weighted by molar-refractivity contribution is -0.115. The summed E-state index contributed by atoms with van der Waals surface area (Å²) in [5, 5.41) is 7.04. The van der Waals surface area contributed by atoms with Gasteiger partial charge < -0.3 is 5.32 Å². The minimum Gasteiger partial charge on any atom is -0.310 e. The number of benzene rings is 1. The van der Waals surface area contributed by atoms with E-state index in [0.29, 0.717) is 0 Å². The van der Waals surface area contributed by atoms with Crippen LogP contribution in [0.2, 0.25) is 0 Å². The Labute approximate surface area is 149 Å². The van der Waals surface area contributed by atoms with Crippen molar-refractivity contribution >= 4 is 45.0 Å². The number of thiazole rings is 1. The predicted molar refractivity (Wildman–Crippen MR) is 101 cm³/mol. The molecular weight excluding hydrogens is 340 g/mol. The maximum atomic E-state index is 12.5. The number of thioether (sulfide) groups is 1. The van der Waals surface area contributed by atoms with E-state index in [0.717, 1.165) is 26.8 Å². The van der Waals surface area contributed by atoms with Gasteiger partial charge in [0.15, 0.2) is 4.34 Å². The third-order valence-electron chi connectivity index (χ3n) is 3.85. The van der Waals surface area contributed by atoms with E-state index >= 15 is 0 Å². The second-order valence-corrected chi connectivity index (χ2v) is 8.23. The molecule has 7 heteroatoms. The van der Waals surface area contributed by atoms with Crippen LogP contribution in [-0.2, 0) is 4.79 Å². The molecule has 0 saturated carbocycles. The molecule has 3 rings (SSSR count). The number of fused-ring (bicyclic) bond motifs is 1. The van der Waals surface area contributed by atoms with E-state index in [1.807, 2.05) is 41.9 Å². The summed E-state index contributed by atoms with van der Waals surface area (Å²) in [4.78, 5) is 17.1. The van der Waals surface area contributed by atoms with Crippen molar-refractivity contribution in [2.45, 2.75) is 42.8 Å². The molecule has 1 aromatic carbocycles. The first-order chi connectivity index (χ1) is 11.6. The quantitative estimate of drug-likeness (QED) is 0.654. The highest BCUT2D eigenvalue weighted by molar-refractivity contribution is 8.02. The molecule has 0 aliphatic carbocycles. The van der Waals surface area contributed by atoms with Gasteiger partial charge in [-0.1, -0.05) is 30.8 Å². The maximum absolute atomic E-state index is 12.5. The van der Waals surface area contributed by atoms with Gasteiger partial charge >= 0.3 is 0 Å². The van der Waals surface area contributed by atoms with E-state index in [4.69, 9.17) is 0 Å². The van der Waals surface area contributed by atoms with Crippen LogP contribution in [0.4, 0.5) is 5.82 Å². The Bertz CT molecular complexity index is 809. The van der Waals surface area contributed by atoms with Crippen LogP contribution in [0, 0.1) is 0 Å². The summed E-state index contributed by atoms with van der Waals surface area (Å²) in [6.45, 7) is 6.08. The Morgan fingerprint density at radius 1 is 1.33 bits per heavy atom. The molecule has 0 bridgehead atoms. The molecule has 0 saturated heterocycles. The van der Waals surface area contributed by atoms with Crippen LogP contribution in [0.3, 0.4) is 0 Å². The Morgan fingerprint density at radius 3 is 2.88 bits per heavy atom. The molecule has 5 nitrogen and oxygen atoms in total. The van der Waals surface area contributed by atoms with Gasteiger partial charge in [0.05, 0.1) is 27.7 Å². The van der Waals surface area contributed by atoms with Crippen LogP contribution in [0.1, 0.15) is 33.2 Å². The number of hydrogen-bond acceptors (Lipinski definition) is 5. The molecule has 2 aromatic heterocycles. The van der Waals surface area contributed by atoms with Gasteiger partial charge in [-0.3, -0.25) is 4.79 Å². The molecule has 0 aliphatic heterocycles. The zero-order chi connectivity index (χ0) is 17.1. The second-order valence-electron chi connectivity index (χ2n) is 5.62. The number of carbonyl (C=O) groups excluding carboxylic acids is 1. The van der Waals surface area contributed by atoms with Crippen molar-refractivity contribution in [3.05, 3.63) is 36.5 Å². The Kier molecular flexibility index (Phi) is 5.20. The van der Waals surface area contributed by atoms with Crippen molar-refractivity contribution in [2.75, 3.05) is 5.32 Å². The smallest absolute Gasteiger partial charge is 0.238 e. The fraction of sp³-hybridized carbons (Fsp3) is 0.353. The fourth-order valence-electron chi connectivity index (χ4n) is 2.27. The number of amides is 1.